The average Bonchev–Trinajstić information content (AvgIpc) is 3.41. The first-order chi connectivity index (χ1) is 21.2. The SMILES string of the molecule is Clc1cc(N(c2ccccc2)c2cccc(-c3ccccc3-c3ccccc3)c2)c2c(c1)oc1cc3ccccc3cc12. The lowest BCUT2D eigenvalue weighted by Crippen LogP contribution is -2.10. The molecule has 0 radical (unpaired) electrons. The van der Waals surface area contributed by atoms with E-state index < -0.39 is 0 Å². The smallest absolute Gasteiger partial charge is 0.139 e. The number of fused-ring (bicyclic) bond motifs is 4. The van der Waals surface area contributed by atoms with Gasteiger partial charge in [0, 0.05) is 27.8 Å². The second-order valence-electron chi connectivity index (χ2n) is 10.7. The van der Waals surface area contributed by atoms with Gasteiger partial charge in [0.1, 0.15) is 11.2 Å². The van der Waals surface area contributed by atoms with E-state index in [0.29, 0.717) is 5.02 Å². The predicted octanol–water partition coefficient (Wildman–Crippen LogP) is 12.2. The zero-order valence-electron chi connectivity index (χ0n) is 23.2. The summed E-state index contributed by atoms with van der Waals surface area (Å²) in [5.74, 6) is 0. The van der Waals surface area contributed by atoms with E-state index in [-0.39, 0.29) is 0 Å². The van der Waals surface area contributed by atoms with Crippen molar-refractivity contribution in [1.82, 2.24) is 0 Å². The number of para-hydroxylation sites is 1. The summed E-state index contributed by atoms with van der Waals surface area (Å²) in [4.78, 5) is 2.28. The quantitative estimate of drug-likeness (QED) is 0.204. The third kappa shape index (κ3) is 4.53. The number of halogens is 1. The Balaban J connectivity index is 1.38. The average molecular weight is 572 g/mol. The molecule has 0 fully saturated rings. The Hall–Kier alpha value is -5.31. The zero-order valence-corrected chi connectivity index (χ0v) is 24.0. The standard InChI is InChI=1S/C40H26ClNO/c41-31-25-37(40-36-23-28-14-7-8-15-29(28)24-38(36)43-39(40)26-31)42(32-17-5-2-6-18-32)33-19-11-16-30(22-33)35-21-10-9-20-34(35)27-12-3-1-4-13-27/h1-26H. The van der Waals surface area contributed by atoms with Crippen LogP contribution in [-0.4, -0.2) is 0 Å². The fourth-order valence-corrected chi connectivity index (χ4v) is 6.34. The van der Waals surface area contributed by atoms with Crippen molar-refractivity contribution in [1.29, 1.82) is 0 Å². The molecule has 43 heavy (non-hydrogen) atoms. The predicted molar refractivity (Wildman–Crippen MR) is 182 cm³/mol. The molecule has 0 amide bonds. The molecule has 0 saturated heterocycles. The van der Waals surface area contributed by atoms with Crippen LogP contribution in [0.25, 0.3) is 55.0 Å². The van der Waals surface area contributed by atoms with Crippen LogP contribution in [-0.2, 0) is 0 Å². The van der Waals surface area contributed by atoms with Gasteiger partial charge < -0.3 is 9.32 Å². The highest BCUT2D eigenvalue weighted by molar-refractivity contribution is 6.32. The molecule has 1 aromatic heterocycles. The number of rotatable bonds is 5. The fourth-order valence-electron chi connectivity index (χ4n) is 6.13. The minimum atomic E-state index is 0.623. The Morgan fingerprint density at radius 2 is 1.07 bits per heavy atom. The van der Waals surface area contributed by atoms with Crippen molar-refractivity contribution >= 4 is 61.4 Å². The molecule has 0 spiro atoms. The van der Waals surface area contributed by atoms with Crippen molar-refractivity contribution in [3.8, 4) is 22.3 Å². The zero-order chi connectivity index (χ0) is 28.8. The van der Waals surface area contributed by atoms with Gasteiger partial charge in [0.2, 0.25) is 0 Å². The molecule has 3 heteroatoms. The van der Waals surface area contributed by atoms with Gasteiger partial charge in [-0.3, -0.25) is 0 Å². The molecule has 0 unspecified atom stereocenters. The van der Waals surface area contributed by atoms with Crippen LogP contribution < -0.4 is 4.90 Å². The van der Waals surface area contributed by atoms with Crippen molar-refractivity contribution in [2.45, 2.75) is 0 Å². The van der Waals surface area contributed by atoms with Gasteiger partial charge in [-0.25, -0.2) is 0 Å². The molecule has 0 bridgehead atoms. The van der Waals surface area contributed by atoms with Crippen LogP contribution in [0.3, 0.4) is 0 Å². The van der Waals surface area contributed by atoms with Gasteiger partial charge in [-0.1, -0.05) is 121 Å². The summed E-state index contributed by atoms with van der Waals surface area (Å²) in [7, 11) is 0. The van der Waals surface area contributed by atoms with E-state index in [2.05, 4.69) is 144 Å². The van der Waals surface area contributed by atoms with E-state index in [4.69, 9.17) is 16.0 Å². The van der Waals surface area contributed by atoms with Gasteiger partial charge in [0.25, 0.3) is 0 Å². The molecular formula is C40H26ClNO. The van der Waals surface area contributed by atoms with Crippen LogP contribution in [0.15, 0.2) is 162 Å². The highest BCUT2D eigenvalue weighted by atomic mass is 35.5. The third-order valence-electron chi connectivity index (χ3n) is 8.07. The summed E-state index contributed by atoms with van der Waals surface area (Å²) >= 11 is 6.80. The van der Waals surface area contributed by atoms with Crippen LogP contribution in [0.1, 0.15) is 0 Å². The van der Waals surface area contributed by atoms with E-state index in [1.54, 1.807) is 0 Å². The molecule has 0 saturated carbocycles. The Labute approximate surface area is 255 Å². The van der Waals surface area contributed by atoms with Gasteiger partial charge in [-0.2, -0.15) is 0 Å². The maximum atomic E-state index is 6.80. The Bertz CT molecular complexity index is 2250. The molecule has 204 valence electrons. The van der Waals surface area contributed by atoms with Crippen molar-refractivity contribution in [3.63, 3.8) is 0 Å². The molecule has 8 aromatic rings. The summed E-state index contributed by atoms with van der Waals surface area (Å²) in [6.45, 7) is 0. The van der Waals surface area contributed by atoms with Gasteiger partial charge in [-0.05, 0) is 75.5 Å². The van der Waals surface area contributed by atoms with Gasteiger partial charge in [0.05, 0.1) is 11.1 Å². The molecule has 0 aliphatic carbocycles. The largest absolute Gasteiger partial charge is 0.456 e. The van der Waals surface area contributed by atoms with Crippen molar-refractivity contribution in [3.05, 3.63) is 163 Å². The number of anilines is 3. The summed E-state index contributed by atoms with van der Waals surface area (Å²) in [5, 5.41) is 5.03. The topological polar surface area (TPSA) is 16.4 Å². The van der Waals surface area contributed by atoms with E-state index in [1.165, 1.54) is 22.1 Å². The first-order valence-electron chi connectivity index (χ1n) is 14.4. The van der Waals surface area contributed by atoms with E-state index in [1.807, 2.05) is 18.2 Å². The molecule has 0 aliphatic heterocycles. The highest BCUT2D eigenvalue weighted by Crippen LogP contribution is 2.46. The number of hydrogen-bond acceptors (Lipinski definition) is 2. The fraction of sp³-hybridized carbons (Fsp3) is 0. The van der Waals surface area contributed by atoms with E-state index in [0.717, 1.165) is 50.0 Å². The molecule has 8 rings (SSSR count). The Kier molecular flexibility index (Phi) is 6.21. The Morgan fingerprint density at radius 3 is 1.84 bits per heavy atom. The maximum Gasteiger partial charge on any atom is 0.139 e. The van der Waals surface area contributed by atoms with Crippen LogP contribution in [0, 0.1) is 0 Å². The summed E-state index contributed by atoms with van der Waals surface area (Å²) in [6, 6.07) is 55.0. The van der Waals surface area contributed by atoms with Gasteiger partial charge in [0.15, 0.2) is 0 Å². The first-order valence-corrected chi connectivity index (χ1v) is 14.8. The molecule has 0 atom stereocenters. The number of benzene rings is 7. The van der Waals surface area contributed by atoms with E-state index >= 15 is 0 Å². The van der Waals surface area contributed by atoms with Gasteiger partial charge in [-0.15, -0.1) is 0 Å². The Morgan fingerprint density at radius 1 is 0.465 bits per heavy atom. The molecule has 1 heterocycles. The van der Waals surface area contributed by atoms with Crippen LogP contribution in [0.5, 0.6) is 0 Å². The lowest BCUT2D eigenvalue weighted by Gasteiger charge is -2.27. The second kappa shape index (κ2) is 10.5. The molecule has 0 aliphatic rings. The second-order valence-corrected chi connectivity index (χ2v) is 11.2. The lowest BCUT2D eigenvalue weighted by molar-refractivity contribution is 0.669. The van der Waals surface area contributed by atoms with Crippen molar-refractivity contribution < 1.29 is 4.42 Å². The van der Waals surface area contributed by atoms with Crippen LogP contribution in [0.2, 0.25) is 5.02 Å². The molecular weight excluding hydrogens is 546 g/mol. The van der Waals surface area contributed by atoms with E-state index in [9.17, 15) is 0 Å². The number of nitrogens with zero attached hydrogens (tertiary/aromatic N) is 1. The van der Waals surface area contributed by atoms with Crippen molar-refractivity contribution in [2.75, 3.05) is 4.90 Å². The maximum absolute atomic E-state index is 6.80. The minimum absolute atomic E-state index is 0.623. The van der Waals surface area contributed by atoms with Crippen LogP contribution in [0.4, 0.5) is 17.1 Å². The third-order valence-corrected chi connectivity index (χ3v) is 8.28. The minimum Gasteiger partial charge on any atom is -0.456 e. The highest BCUT2D eigenvalue weighted by Gasteiger charge is 2.21. The lowest BCUT2D eigenvalue weighted by atomic mass is 9.94. The molecule has 7 aromatic carbocycles. The van der Waals surface area contributed by atoms with Crippen molar-refractivity contribution in [2.24, 2.45) is 0 Å². The summed E-state index contributed by atoms with van der Waals surface area (Å²) < 4.78 is 6.45. The van der Waals surface area contributed by atoms with Gasteiger partial charge >= 0.3 is 0 Å². The summed E-state index contributed by atoms with van der Waals surface area (Å²) in [6.07, 6.45) is 0. The molecule has 2 nitrogen and oxygen atoms in total. The first kappa shape index (κ1) is 25.4. The normalized spacial score (nSPS) is 11.4. The monoisotopic (exact) mass is 571 g/mol. The summed E-state index contributed by atoms with van der Waals surface area (Å²) in [5.41, 5.74) is 9.35. The molecule has 0 N–H and O–H groups in total. The number of hydrogen-bond donors (Lipinski definition) is 0. The van der Waals surface area contributed by atoms with Crippen LogP contribution >= 0.6 is 11.6 Å². The number of furan rings is 1.